The highest BCUT2D eigenvalue weighted by atomic mass is 35.5. The van der Waals surface area contributed by atoms with Crippen molar-refractivity contribution in [2.75, 3.05) is 31.9 Å². The lowest BCUT2D eigenvalue weighted by molar-refractivity contribution is 0.199. The highest BCUT2D eigenvalue weighted by molar-refractivity contribution is 7.89. The van der Waals surface area contributed by atoms with Crippen LogP contribution in [0.25, 0.3) is 0 Å². The monoisotopic (exact) mass is 271 g/mol. The van der Waals surface area contributed by atoms with E-state index >= 15 is 0 Å². The van der Waals surface area contributed by atoms with Crippen LogP contribution < -0.4 is 4.72 Å². The van der Waals surface area contributed by atoms with Crippen molar-refractivity contribution in [3.05, 3.63) is 0 Å². The minimum absolute atomic E-state index is 0.101. The largest absolute Gasteiger partial charge is 0.385 e. The average molecular weight is 272 g/mol. The van der Waals surface area contributed by atoms with Crippen molar-refractivity contribution in [2.45, 2.75) is 26.7 Å². The molecule has 1 N–H and O–H groups in total. The van der Waals surface area contributed by atoms with Crippen LogP contribution in [0.5, 0.6) is 0 Å². The van der Waals surface area contributed by atoms with E-state index in [1.807, 2.05) is 13.8 Å². The lowest BCUT2D eigenvalue weighted by Gasteiger charge is -2.23. The van der Waals surface area contributed by atoms with Gasteiger partial charge in [-0.25, -0.2) is 13.1 Å². The van der Waals surface area contributed by atoms with Crippen molar-refractivity contribution in [3.8, 4) is 0 Å². The minimum Gasteiger partial charge on any atom is -0.385 e. The first-order valence-electron chi connectivity index (χ1n) is 5.35. The quantitative estimate of drug-likeness (QED) is 0.512. The average Bonchev–Trinajstić information content (AvgIpc) is 2.16. The van der Waals surface area contributed by atoms with Crippen molar-refractivity contribution < 1.29 is 13.2 Å². The molecule has 0 saturated carbocycles. The molecule has 4 nitrogen and oxygen atoms in total. The summed E-state index contributed by atoms with van der Waals surface area (Å²) >= 11 is 5.64. The molecule has 0 spiro atoms. The van der Waals surface area contributed by atoms with Crippen LogP contribution in [0.15, 0.2) is 0 Å². The first-order valence-corrected chi connectivity index (χ1v) is 7.54. The standard InChI is InChI=1S/C10H22ClNO3S/c1-10(2,5-6-11)9-12-16(13,14)8-4-7-15-3/h12H,4-9H2,1-3H3. The molecule has 0 heterocycles. The van der Waals surface area contributed by atoms with Crippen molar-refractivity contribution in [3.63, 3.8) is 0 Å². The number of hydrogen-bond donors (Lipinski definition) is 1. The number of halogens is 1. The predicted octanol–water partition coefficient (Wildman–Crippen LogP) is 1.60. The van der Waals surface area contributed by atoms with Gasteiger partial charge >= 0.3 is 0 Å². The molecule has 0 unspecified atom stereocenters. The minimum atomic E-state index is -3.18. The number of sulfonamides is 1. The molecular weight excluding hydrogens is 250 g/mol. The van der Waals surface area contributed by atoms with Crippen LogP contribution in [-0.2, 0) is 14.8 Å². The van der Waals surface area contributed by atoms with Gasteiger partial charge in [-0.2, -0.15) is 0 Å². The Bertz CT molecular complexity index is 278. The summed E-state index contributed by atoms with van der Waals surface area (Å²) in [7, 11) is -1.62. The number of alkyl halides is 1. The molecular formula is C10H22ClNO3S. The molecule has 0 aromatic rings. The van der Waals surface area contributed by atoms with E-state index in [2.05, 4.69) is 4.72 Å². The molecule has 0 radical (unpaired) electrons. The smallest absolute Gasteiger partial charge is 0.211 e. The SMILES string of the molecule is COCCCS(=O)(=O)NCC(C)(C)CCCl. The highest BCUT2D eigenvalue weighted by Gasteiger charge is 2.20. The van der Waals surface area contributed by atoms with Crippen LogP contribution in [0.1, 0.15) is 26.7 Å². The zero-order valence-electron chi connectivity index (χ0n) is 10.3. The number of methoxy groups -OCH3 is 1. The molecule has 0 aliphatic rings. The summed E-state index contributed by atoms with van der Waals surface area (Å²) in [5.41, 5.74) is -0.101. The Hall–Kier alpha value is 0.160. The van der Waals surface area contributed by atoms with Gasteiger partial charge in [-0.15, -0.1) is 11.6 Å². The Labute approximate surface area is 104 Å². The van der Waals surface area contributed by atoms with Gasteiger partial charge in [0.2, 0.25) is 10.0 Å². The van der Waals surface area contributed by atoms with E-state index in [1.165, 1.54) is 0 Å². The molecule has 0 aliphatic carbocycles. The second-order valence-corrected chi connectivity index (χ2v) is 6.89. The van der Waals surface area contributed by atoms with Crippen molar-refractivity contribution in [1.82, 2.24) is 4.72 Å². The third kappa shape index (κ3) is 8.33. The molecule has 0 saturated heterocycles. The molecule has 6 heteroatoms. The van der Waals surface area contributed by atoms with Gasteiger partial charge in [-0.3, -0.25) is 0 Å². The van der Waals surface area contributed by atoms with Gasteiger partial charge in [0.05, 0.1) is 5.75 Å². The van der Waals surface area contributed by atoms with E-state index in [0.717, 1.165) is 6.42 Å². The van der Waals surface area contributed by atoms with Gasteiger partial charge in [0, 0.05) is 26.1 Å². The van der Waals surface area contributed by atoms with E-state index in [0.29, 0.717) is 25.5 Å². The third-order valence-corrected chi connectivity index (χ3v) is 3.90. The topological polar surface area (TPSA) is 55.4 Å². The van der Waals surface area contributed by atoms with E-state index in [-0.39, 0.29) is 11.2 Å². The maximum absolute atomic E-state index is 11.6. The molecule has 0 rings (SSSR count). The number of ether oxygens (including phenoxy) is 1. The third-order valence-electron chi connectivity index (χ3n) is 2.30. The summed E-state index contributed by atoms with van der Waals surface area (Å²) in [6.07, 6.45) is 1.30. The number of hydrogen-bond acceptors (Lipinski definition) is 3. The van der Waals surface area contributed by atoms with E-state index < -0.39 is 10.0 Å². The van der Waals surface area contributed by atoms with Gasteiger partial charge in [0.1, 0.15) is 0 Å². The first kappa shape index (κ1) is 16.2. The van der Waals surface area contributed by atoms with E-state index in [9.17, 15) is 8.42 Å². The molecule has 0 fully saturated rings. The molecule has 0 bridgehead atoms. The summed E-state index contributed by atoms with van der Waals surface area (Å²) in [4.78, 5) is 0. The zero-order valence-corrected chi connectivity index (χ0v) is 11.8. The Kier molecular flexibility index (Phi) is 7.55. The molecule has 0 aromatic carbocycles. The zero-order chi connectivity index (χ0) is 12.7. The van der Waals surface area contributed by atoms with Crippen LogP contribution >= 0.6 is 11.6 Å². The lowest BCUT2D eigenvalue weighted by atomic mass is 9.91. The van der Waals surface area contributed by atoms with Crippen molar-refractivity contribution >= 4 is 21.6 Å². The normalized spacial score (nSPS) is 13.0. The summed E-state index contributed by atoms with van der Waals surface area (Å²) in [5, 5.41) is 0. The van der Waals surface area contributed by atoms with Crippen LogP contribution in [0, 0.1) is 5.41 Å². The van der Waals surface area contributed by atoms with Gasteiger partial charge in [0.25, 0.3) is 0 Å². The summed E-state index contributed by atoms with van der Waals surface area (Å²) in [6, 6.07) is 0. The van der Waals surface area contributed by atoms with Crippen molar-refractivity contribution in [1.29, 1.82) is 0 Å². The fourth-order valence-corrected chi connectivity index (χ4v) is 2.88. The molecule has 0 aliphatic heterocycles. The van der Waals surface area contributed by atoms with Gasteiger partial charge in [-0.05, 0) is 18.3 Å². The van der Waals surface area contributed by atoms with E-state index in [4.69, 9.17) is 16.3 Å². The van der Waals surface area contributed by atoms with E-state index in [1.54, 1.807) is 7.11 Å². The number of rotatable bonds is 9. The fourth-order valence-electron chi connectivity index (χ4n) is 1.11. The first-order chi connectivity index (χ1) is 7.33. The molecule has 0 aromatic heterocycles. The molecule has 0 amide bonds. The Morgan fingerprint density at radius 3 is 2.50 bits per heavy atom. The van der Waals surface area contributed by atoms with Crippen LogP contribution in [0.3, 0.4) is 0 Å². The summed E-state index contributed by atoms with van der Waals surface area (Å²) in [6.45, 7) is 4.88. The van der Waals surface area contributed by atoms with Crippen LogP contribution in [0.2, 0.25) is 0 Å². The predicted molar refractivity (Wildman–Crippen MR) is 67.4 cm³/mol. The lowest BCUT2D eigenvalue weighted by Crippen LogP contribution is -2.35. The van der Waals surface area contributed by atoms with Crippen molar-refractivity contribution in [2.24, 2.45) is 5.41 Å². The fraction of sp³-hybridized carbons (Fsp3) is 1.00. The maximum atomic E-state index is 11.6. The van der Waals surface area contributed by atoms with Gasteiger partial charge in [-0.1, -0.05) is 13.8 Å². The molecule has 0 atom stereocenters. The summed E-state index contributed by atoms with van der Waals surface area (Å²) < 4.78 is 30.5. The Morgan fingerprint density at radius 1 is 1.38 bits per heavy atom. The second-order valence-electron chi connectivity index (χ2n) is 4.59. The van der Waals surface area contributed by atoms with Gasteiger partial charge < -0.3 is 4.74 Å². The number of nitrogens with one attached hydrogen (secondary N) is 1. The Balaban J connectivity index is 3.98. The highest BCUT2D eigenvalue weighted by Crippen LogP contribution is 2.19. The molecule has 16 heavy (non-hydrogen) atoms. The van der Waals surface area contributed by atoms with Crippen LogP contribution in [0.4, 0.5) is 0 Å². The Morgan fingerprint density at radius 2 is 2.00 bits per heavy atom. The summed E-state index contributed by atoms with van der Waals surface area (Å²) in [5.74, 6) is 0.649. The second kappa shape index (κ2) is 7.48. The van der Waals surface area contributed by atoms with Crippen LogP contribution in [-0.4, -0.2) is 40.3 Å². The maximum Gasteiger partial charge on any atom is 0.211 e. The molecule has 98 valence electrons. The van der Waals surface area contributed by atoms with Gasteiger partial charge in [0.15, 0.2) is 0 Å².